The van der Waals surface area contributed by atoms with E-state index in [1.165, 1.54) is 46.9 Å². The minimum atomic E-state index is -1.51. The van der Waals surface area contributed by atoms with E-state index in [0.717, 1.165) is 4.90 Å². The summed E-state index contributed by atoms with van der Waals surface area (Å²) in [6, 6.07) is 6.41. The maximum Gasteiger partial charge on any atom is 0.325 e. The summed E-state index contributed by atoms with van der Waals surface area (Å²) in [6.45, 7) is 1.29. The summed E-state index contributed by atoms with van der Waals surface area (Å²) < 4.78 is 15.5. The number of hydrogen-bond donors (Lipinski definition) is 1. The van der Waals surface area contributed by atoms with Crippen LogP contribution in [0.15, 0.2) is 46.7 Å². The molecule has 0 radical (unpaired) electrons. The van der Waals surface area contributed by atoms with E-state index in [1.807, 2.05) is 0 Å². The summed E-state index contributed by atoms with van der Waals surface area (Å²) in [4.78, 5) is 43.0. The lowest BCUT2D eigenvalue weighted by Gasteiger charge is -2.22. The molecule has 2 aromatic heterocycles. The molecule has 132 valence electrons. The van der Waals surface area contributed by atoms with E-state index in [-0.39, 0.29) is 17.7 Å². The van der Waals surface area contributed by atoms with Gasteiger partial charge in [-0.1, -0.05) is 18.2 Å². The molecule has 9 heteroatoms. The molecule has 0 unspecified atom stereocenters. The molecular formula is C17H13FN4O3S. The summed E-state index contributed by atoms with van der Waals surface area (Å²) in [7, 11) is 0. The van der Waals surface area contributed by atoms with Crippen molar-refractivity contribution in [3.05, 3.63) is 69.3 Å². The van der Waals surface area contributed by atoms with Crippen molar-refractivity contribution >= 4 is 28.2 Å². The highest BCUT2D eigenvalue weighted by molar-refractivity contribution is 7.15. The minimum Gasteiger partial charge on any atom is -0.319 e. The molecule has 3 amide bonds. The topological polar surface area (TPSA) is 83.8 Å². The maximum atomic E-state index is 14.2. The molecule has 1 aliphatic rings. The predicted molar refractivity (Wildman–Crippen MR) is 92.2 cm³/mol. The number of rotatable bonds is 3. The third-order valence-corrected chi connectivity index (χ3v) is 5.12. The molecule has 0 saturated carbocycles. The first-order chi connectivity index (χ1) is 12.4. The van der Waals surface area contributed by atoms with Crippen molar-refractivity contribution in [3.63, 3.8) is 0 Å². The molecule has 0 spiro atoms. The molecule has 0 aliphatic carbocycles. The quantitative estimate of drug-likeness (QED) is 0.712. The Kier molecular flexibility index (Phi) is 3.62. The number of hydrogen-bond acceptors (Lipinski definition) is 5. The monoisotopic (exact) mass is 372 g/mol. The fraction of sp³-hybridized carbons (Fsp3) is 0.176. The Labute approximate surface area is 150 Å². The van der Waals surface area contributed by atoms with Gasteiger partial charge in [0.05, 0.1) is 12.2 Å². The first-order valence-corrected chi connectivity index (χ1v) is 8.63. The van der Waals surface area contributed by atoms with E-state index in [0.29, 0.717) is 10.7 Å². The van der Waals surface area contributed by atoms with Crippen LogP contribution in [0.2, 0.25) is 0 Å². The van der Waals surface area contributed by atoms with Crippen LogP contribution < -0.4 is 10.9 Å². The van der Waals surface area contributed by atoms with Crippen molar-refractivity contribution < 1.29 is 14.0 Å². The lowest BCUT2D eigenvalue weighted by molar-refractivity contribution is -0.131. The number of aromatic nitrogens is 2. The van der Waals surface area contributed by atoms with Crippen LogP contribution in [0.25, 0.3) is 4.96 Å². The molecule has 4 rings (SSSR count). The summed E-state index contributed by atoms with van der Waals surface area (Å²) >= 11 is 1.27. The summed E-state index contributed by atoms with van der Waals surface area (Å²) in [6.07, 6.45) is 1.60. The largest absolute Gasteiger partial charge is 0.325 e. The zero-order valence-corrected chi connectivity index (χ0v) is 14.4. The maximum absolute atomic E-state index is 14.2. The zero-order valence-electron chi connectivity index (χ0n) is 13.6. The van der Waals surface area contributed by atoms with Gasteiger partial charge < -0.3 is 5.32 Å². The van der Waals surface area contributed by atoms with Crippen LogP contribution >= 0.6 is 11.3 Å². The van der Waals surface area contributed by atoms with Crippen LogP contribution in [0.1, 0.15) is 18.2 Å². The van der Waals surface area contributed by atoms with Gasteiger partial charge in [-0.3, -0.25) is 18.9 Å². The number of urea groups is 1. The Morgan fingerprint density at radius 2 is 2.04 bits per heavy atom. The van der Waals surface area contributed by atoms with E-state index in [2.05, 4.69) is 10.3 Å². The van der Waals surface area contributed by atoms with Crippen molar-refractivity contribution in [2.45, 2.75) is 19.0 Å². The molecular weight excluding hydrogens is 359 g/mol. The molecule has 3 aromatic rings. The lowest BCUT2D eigenvalue weighted by Crippen LogP contribution is -2.41. The third kappa shape index (κ3) is 2.39. The van der Waals surface area contributed by atoms with Gasteiger partial charge in [0.25, 0.3) is 11.5 Å². The van der Waals surface area contributed by atoms with E-state index < -0.39 is 23.3 Å². The van der Waals surface area contributed by atoms with Gasteiger partial charge in [0, 0.05) is 23.2 Å². The van der Waals surface area contributed by atoms with Crippen LogP contribution in [-0.2, 0) is 16.9 Å². The van der Waals surface area contributed by atoms with Crippen LogP contribution in [-0.4, -0.2) is 26.2 Å². The van der Waals surface area contributed by atoms with Gasteiger partial charge in [0.1, 0.15) is 11.4 Å². The normalized spacial score (nSPS) is 20.0. The smallest absolute Gasteiger partial charge is 0.319 e. The highest BCUT2D eigenvalue weighted by Crippen LogP contribution is 2.31. The number of imide groups is 1. The number of halogens is 1. The van der Waals surface area contributed by atoms with Gasteiger partial charge in [-0.15, -0.1) is 11.3 Å². The van der Waals surface area contributed by atoms with Crippen LogP contribution in [0.4, 0.5) is 9.18 Å². The molecule has 1 aliphatic heterocycles. The van der Waals surface area contributed by atoms with Crippen molar-refractivity contribution in [1.82, 2.24) is 19.6 Å². The highest BCUT2D eigenvalue weighted by atomic mass is 32.1. The predicted octanol–water partition coefficient (Wildman–Crippen LogP) is 1.86. The average molecular weight is 372 g/mol. The Bertz CT molecular complexity index is 1110. The van der Waals surface area contributed by atoms with E-state index >= 15 is 0 Å². The molecule has 7 nitrogen and oxygen atoms in total. The van der Waals surface area contributed by atoms with Gasteiger partial charge in [-0.25, -0.2) is 14.2 Å². The second kappa shape index (κ2) is 5.73. The zero-order chi connectivity index (χ0) is 18.5. The van der Waals surface area contributed by atoms with E-state index in [4.69, 9.17) is 0 Å². The second-order valence-corrected chi connectivity index (χ2v) is 6.94. The van der Waals surface area contributed by atoms with Crippen LogP contribution in [0.3, 0.4) is 0 Å². The Balaban J connectivity index is 1.69. The van der Waals surface area contributed by atoms with Gasteiger partial charge in [-0.05, 0) is 13.0 Å². The number of carbonyl (C=O) groups excluding carboxylic acids is 2. The molecule has 26 heavy (non-hydrogen) atoms. The Morgan fingerprint density at radius 1 is 1.27 bits per heavy atom. The minimum absolute atomic E-state index is 0.0857. The Morgan fingerprint density at radius 3 is 2.81 bits per heavy atom. The fourth-order valence-corrected chi connectivity index (χ4v) is 3.76. The summed E-state index contributed by atoms with van der Waals surface area (Å²) in [5.74, 6) is -1.18. The van der Waals surface area contributed by atoms with Crippen LogP contribution in [0.5, 0.6) is 0 Å². The van der Waals surface area contributed by atoms with Gasteiger partial charge in [0.2, 0.25) is 0 Å². The summed E-state index contributed by atoms with van der Waals surface area (Å²) in [5.41, 5.74) is -1.43. The standard InChI is InChI=1S/C17H13FN4O3S/c1-17(11-4-2-3-5-12(11)18)14(24)22(15(25)20-17)9-10-8-13(23)21-6-7-26-16(21)19-10/h2-8H,9H2,1H3,(H,20,25)/t17-/m1/s1. The van der Waals surface area contributed by atoms with Crippen LogP contribution in [0, 0.1) is 5.82 Å². The van der Waals surface area contributed by atoms with Gasteiger partial charge in [-0.2, -0.15) is 0 Å². The molecule has 1 aromatic carbocycles. The molecule has 1 fully saturated rings. The van der Waals surface area contributed by atoms with Gasteiger partial charge >= 0.3 is 6.03 Å². The number of fused-ring (bicyclic) bond motifs is 1. The van der Waals surface area contributed by atoms with Crippen molar-refractivity contribution in [3.8, 4) is 0 Å². The lowest BCUT2D eigenvalue weighted by atomic mass is 9.91. The third-order valence-electron chi connectivity index (χ3n) is 4.36. The second-order valence-electron chi connectivity index (χ2n) is 6.07. The first kappa shape index (κ1) is 16.4. The number of carbonyl (C=O) groups is 2. The molecule has 3 heterocycles. The number of amides is 3. The molecule has 0 bridgehead atoms. The van der Waals surface area contributed by atoms with E-state index in [9.17, 15) is 18.8 Å². The SMILES string of the molecule is C[C@]1(c2ccccc2F)NC(=O)N(Cc2cc(=O)n3ccsc3n2)C1=O. The average Bonchev–Trinajstić information content (AvgIpc) is 3.15. The Hall–Kier alpha value is -3.07. The number of thiazole rings is 1. The number of benzene rings is 1. The first-order valence-electron chi connectivity index (χ1n) is 7.75. The van der Waals surface area contributed by atoms with Gasteiger partial charge in [0.15, 0.2) is 4.96 Å². The summed E-state index contributed by atoms with van der Waals surface area (Å²) in [5, 5.41) is 4.26. The van der Waals surface area contributed by atoms with E-state index in [1.54, 1.807) is 17.6 Å². The fourth-order valence-electron chi connectivity index (χ4n) is 3.02. The molecule has 1 atom stereocenters. The van der Waals surface area contributed by atoms with Crippen molar-refractivity contribution in [1.29, 1.82) is 0 Å². The number of nitrogens with zero attached hydrogens (tertiary/aromatic N) is 3. The van der Waals surface area contributed by atoms with Crippen molar-refractivity contribution in [2.24, 2.45) is 0 Å². The highest BCUT2D eigenvalue weighted by Gasteiger charge is 2.50. The molecule has 1 saturated heterocycles. The van der Waals surface area contributed by atoms with Crippen molar-refractivity contribution in [2.75, 3.05) is 0 Å². The number of nitrogens with one attached hydrogen (secondary N) is 1. The molecule has 1 N–H and O–H groups in total.